The van der Waals surface area contributed by atoms with E-state index in [2.05, 4.69) is 41.0 Å². The first-order chi connectivity index (χ1) is 33.1. The molecule has 0 amide bonds. The summed E-state index contributed by atoms with van der Waals surface area (Å²) in [6.45, 7) is 11.3. The molecule has 5 heterocycles. The molecule has 3 aliphatic rings. The van der Waals surface area contributed by atoms with Crippen LogP contribution in [0, 0.1) is 11.3 Å². The minimum Gasteiger partial charge on any atom is -0.487 e. The van der Waals surface area contributed by atoms with Crippen LogP contribution in [0.2, 0.25) is 0 Å². The Bertz CT molecular complexity index is 2010. The second-order valence-electron chi connectivity index (χ2n) is 16.8. The largest absolute Gasteiger partial charge is 0.487 e. The van der Waals surface area contributed by atoms with Crippen molar-refractivity contribution in [3.8, 4) is 28.8 Å². The van der Waals surface area contributed by atoms with Crippen LogP contribution in [0.1, 0.15) is 63.5 Å². The smallest absolute Gasteiger partial charge is 0.256 e. The van der Waals surface area contributed by atoms with Crippen molar-refractivity contribution in [1.82, 2.24) is 39.4 Å². The van der Waals surface area contributed by atoms with E-state index in [1.54, 1.807) is 36.6 Å². The van der Waals surface area contributed by atoms with E-state index < -0.39 is 0 Å². The summed E-state index contributed by atoms with van der Waals surface area (Å²) in [5.41, 5.74) is 2.73. The van der Waals surface area contributed by atoms with Crippen molar-refractivity contribution >= 4 is 11.6 Å². The quantitative estimate of drug-likeness (QED) is 0.0648. The molecule has 2 bridgehead atoms. The summed E-state index contributed by atoms with van der Waals surface area (Å²) in [6.07, 6.45) is 15.9. The number of hydrogen-bond acceptors (Lipinski definition) is 18. The molecule has 7 rings (SSSR count). The van der Waals surface area contributed by atoms with Crippen LogP contribution < -0.4 is 14.8 Å². The van der Waals surface area contributed by atoms with Crippen molar-refractivity contribution in [1.29, 1.82) is 5.26 Å². The number of hydrogen-bond donors (Lipinski definition) is 1. The first kappa shape index (κ1) is 50.1. The number of morpholine rings is 1. The zero-order valence-corrected chi connectivity index (χ0v) is 39.1. The number of nitrogens with one attached hydrogen (secondary N) is 1. The normalized spacial score (nSPS) is 19.9. The lowest BCUT2D eigenvalue weighted by molar-refractivity contribution is -0.0458. The van der Waals surface area contributed by atoms with Crippen molar-refractivity contribution in [2.45, 2.75) is 88.7 Å². The average Bonchev–Trinajstić information content (AvgIpc) is 4.08. The number of methoxy groups -OCH3 is 1. The van der Waals surface area contributed by atoms with Crippen LogP contribution >= 0.6 is 0 Å². The van der Waals surface area contributed by atoms with E-state index >= 15 is 0 Å². The van der Waals surface area contributed by atoms with Crippen LogP contribution in [0.4, 0.5) is 11.6 Å². The van der Waals surface area contributed by atoms with E-state index in [4.69, 9.17) is 52.5 Å². The standard InChI is InChI=1S/C47H68N10O10/c1-36(30-55-35-49-34-52-55)67-45-26-37(4-5-38(45)27-48)39-28-50-47(51-29-39)53-44-31-56(40-6-8-41(9-7-40)57-42-10-11-43(57)33-65-32-42)54-46(44)66-13-3-12-59-16-17-61-20-21-63-24-25-64-23-22-62-19-18-60-15-14-58-2/h4-5,26,28-29,31,34-36,40-43H,3,6-25,30,32-33H2,1-2H3,(H,50,51,53)/t36-,40?,41?,42-,43+/m0/s1. The van der Waals surface area contributed by atoms with Gasteiger partial charge in [0.15, 0.2) is 0 Å². The predicted molar refractivity (Wildman–Crippen MR) is 245 cm³/mol. The number of benzene rings is 1. The molecule has 1 saturated carbocycles. The van der Waals surface area contributed by atoms with Gasteiger partial charge in [0.2, 0.25) is 5.95 Å². The van der Waals surface area contributed by atoms with Crippen LogP contribution in [0.15, 0.2) is 49.4 Å². The summed E-state index contributed by atoms with van der Waals surface area (Å²) in [5.74, 6) is 1.38. The van der Waals surface area contributed by atoms with Gasteiger partial charge in [-0.25, -0.2) is 19.6 Å². The van der Waals surface area contributed by atoms with Crippen LogP contribution in [0.5, 0.6) is 11.6 Å². The zero-order chi connectivity index (χ0) is 46.3. The molecule has 67 heavy (non-hydrogen) atoms. The lowest BCUT2D eigenvalue weighted by atomic mass is 9.89. The molecule has 2 aliphatic heterocycles. The highest BCUT2D eigenvalue weighted by molar-refractivity contribution is 5.67. The van der Waals surface area contributed by atoms with E-state index in [9.17, 15) is 5.26 Å². The second kappa shape index (κ2) is 27.9. The van der Waals surface area contributed by atoms with Crippen molar-refractivity contribution in [2.75, 3.05) is 118 Å². The molecular formula is C47H68N10O10. The number of anilines is 2. The summed E-state index contributed by atoms with van der Waals surface area (Å²) in [7, 11) is 1.65. The lowest BCUT2D eigenvalue weighted by Gasteiger charge is -2.43. The fourth-order valence-corrected chi connectivity index (χ4v) is 8.70. The number of nitrogens with zero attached hydrogens (tertiary/aromatic N) is 9. The molecule has 3 aromatic heterocycles. The van der Waals surface area contributed by atoms with Crippen LogP contribution in [-0.4, -0.2) is 176 Å². The molecule has 2 saturated heterocycles. The van der Waals surface area contributed by atoms with Crippen molar-refractivity contribution in [3.05, 3.63) is 55.0 Å². The maximum absolute atomic E-state index is 9.78. The van der Waals surface area contributed by atoms with E-state index in [0.29, 0.717) is 152 Å². The lowest BCUT2D eigenvalue weighted by Crippen LogP contribution is -2.52. The molecule has 20 nitrogen and oxygen atoms in total. The van der Waals surface area contributed by atoms with Gasteiger partial charge in [-0.15, -0.1) is 5.10 Å². The maximum atomic E-state index is 9.78. The van der Waals surface area contributed by atoms with Gasteiger partial charge >= 0.3 is 0 Å². The van der Waals surface area contributed by atoms with Gasteiger partial charge in [0.25, 0.3) is 5.88 Å². The summed E-state index contributed by atoms with van der Waals surface area (Å²) < 4.78 is 60.4. The molecule has 4 aromatic rings. The third kappa shape index (κ3) is 15.9. The Morgan fingerprint density at radius 1 is 0.746 bits per heavy atom. The van der Waals surface area contributed by atoms with Gasteiger partial charge in [0.05, 0.1) is 123 Å². The topological polar surface area (TPSA) is 206 Å². The fraction of sp³-hybridized carbons (Fsp3) is 0.660. The Morgan fingerprint density at radius 2 is 1.34 bits per heavy atom. The van der Waals surface area contributed by atoms with E-state index in [1.165, 1.54) is 19.2 Å². The molecule has 3 fully saturated rings. The SMILES string of the molecule is COCCOCCOCCOCCOCCOCCOCCCOc1nn(C2CCC(N3[C@@H]4CC[C@H]3COC4)CC2)cc1Nc1ncc(-c2ccc(C#N)c(O[C@@H](C)Cn3cncn3)c2)cn1. The minimum absolute atomic E-state index is 0.249. The van der Waals surface area contributed by atoms with Gasteiger partial charge in [-0.3, -0.25) is 9.58 Å². The molecule has 1 N–H and O–H groups in total. The molecule has 0 spiro atoms. The number of aromatic nitrogens is 7. The molecule has 366 valence electrons. The Kier molecular flexibility index (Phi) is 20.8. The number of fused-ring (bicyclic) bond motifs is 2. The summed E-state index contributed by atoms with van der Waals surface area (Å²) in [6, 6.07) is 9.66. The van der Waals surface area contributed by atoms with Crippen LogP contribution in [0.3, 0.4) is 0 Å². The Labute approximate surface area is 393 Å². The number of nitriles is 1. The monoisotopic (exact) mass is 933 g/mol. The zero-order valence-electron chi connectivity index (χ0n) is 39.1. The van der Waals surface area contributed by atoms with E-state index in [1.807, 2.05) is 25.3 Å². The molecular weight excluding hydrogens is 865 g/mol. The fourth-order valence-electron chi connectivity index (χ4n) is 8.70. The number of ether oxygens (including phenoxy) is 10. The van der Waals surface area contributed by atoms with Crippen LogP contribution in [-0.2, 0) is 44.4 Å². The van der Waals surface area contributed by atoms with Crippen LogP contribution in [0.25, 0.3) is 11.1 Å². The highest BCUT2D eigenvalue weighted by Gasteiger charge is 2.42. The molecule has 0 unspecified atom stereocenters. The van der Waals surface area contributed by atoms with Gasteiger partial charge in [-0.05, 0) is 63.1 Å². The Balaban J connectivity index is 0.844. The van der Waals surface area contributed by atoms with Gasteiger partial charge in [0, 0.05) is 56.2 Å². The van der Waals surface area contributed by atoms with Crippen molar-refractivity contribution in [2.24, 2.45) is 0 Å². The van der Waals surface area contributed by atoms with Crippen molar-refractivity contribution in [3.63, 3.8) is 0 Å². The first-order valence-electron chi connectivity index (χ1n) is 23.7. The third-order valence-electron chi connectivity index (χ3n) is 12.0. The average molecular weight is 933 g/mol. The molecule has 3 atom stereocenters. The Morgan fingerprint density at radius 3 is 1.94 bits per heavy atom. The number of rotatable bonds is 32. The second-order valence-corrected chi connectivity index (χ2v) is 16.8. The van der Waals surface area contributed by atoms with E-state index in [-0.39, 0.29) is 12.1 Å². The summed E-state index contributed by atoms with van der Waals surface area (Å²) >= 11 is 0. The molecule has 1 aromatic carbocycles. The minimum atomic E-state index is -0.249. The molecule has 20 heteroatoms. The molecule has 0 radical (unpaired) electrons. The van der Waals surface area contributed by atoms with Crippen molar-refractivity contribution < 1.29 is 47.4 Å². The predicted octanol–water partition coefficient (Wildman–Crippen LogP) is 4.88. The maximum Gasteiger partial charge on any atom is 0.256 e. The summed E-state index contributed by atoms with van der Waals surface area (Å²) in [4.78, 5) is 16.1. The van der Waals surface area contributed by atoms with Gasteiger partial charge < -0.3 is 52.7 Å². The highest BCUT2D eigenvalue weighted by Crippen LogP contribution is 2.39. The van der Waals surface area contributed by atoms with Gasteiger partial charge in [-0.1, -0.05) is 6.07 Å². The third-order valence-corrected chi connectivity index (χ3v) is 12.0. The molecule has 1 aliphatic carbocycles. The first-order valence-corrected chi connectivity index (χ1v) is 23.7. The van der Waals surface area contributed by atoms with E-state index in [0.717, 1.165) is 50.0 Å². The summed E-state index contributed by atoms with van der Waals surface area (Å²) in [5, 5.41) is 22.3. The van der Waals surface area contributed by atoms with Gasteiger partial charge in [0.1, 0.15) is 36.3 Å². The van der Waals surface area contributed by atoms with Gasteiger partial charge in [-0.2, -0.15) is 10.4 Å². The Hall–Kier alpha value is -4.82. The highest BCUT2D eigenvalue weighted by atomic mass is 16.6.